The van der Waals surface area contributed by atoms with Crippen LogP contribution in [0.2, 0.25) is 0 Å². The first kappa shape index (κ1) is 31.8. The molecular weight excluding hydrogens is 370 g/mol. The van der Waals surface area contributed by atoms with E-state index in [9.17, 15) is 14.4 Å². The number of Topliss-reactive ketones (excluding diaryl/α,β-unsaturated/α-hetero) is 1. The molecule has 11 nitrogen and oxygen atoms in total. The molecule has 0 radical (unpaired) electrons. The zero-order valence-corrected chi connectivity index (χ0v) is 15.9. The number of hydrogen-bond donors (Lipinski definition) is 3. The summed E-state index contributed by atoms with van der Waals surface area (Å²) in [6, 6.07) is 0. The molecule has 1 amide bonds. The number of nitrogens with zero attached hydrogens (tertiary/aromatic N) is 2. The summed E-state index contributed by atoms with van der Waals surface area (Å²) in [6.45, 7) is 7.91. The number of carbonyl (C=O) groups is 3. The van der Waals surface area contributed by atoms with Crippen LogP contribution in [0.3, 0.4) is 0 Å². The molecule has 0 atom stereocenters. The average molecular weight is 401 g/mol. The predicted molar refractivity (Wildman–Crippen MR) is 98.1 cm³/mol. The van der Waals surface area contributed by atoms with Gasteiger partial charge in [0.05, 0.1) is 13.0 Å². The molecule has 1 aliphatic heterocycles. The van der Waals surface area contributed by atoms with Crippen molar-refractivity contribution in [2.45, 2.75) is 48.0 Å². The van der Waals surface area contributed by atoms with E-state index in [0.717, 1.165) is 12.3 Å². The predicted octanol–water partition coefficient (Wildman–Crippen LogP) is 0.701. The number of carbonyl (C=O) groups excluding carboxylic acids is 3. The van der Waals surface area contributed by atoms with Crippen molar-refractivity contribution in [1.82, 2.24) is 5.01 Å². The number of amides is 1. The van der Waals surface area contributed by atoms with E-state index in [1.54, 1.807) is 14.0 Å². The lowest BCUT2D eigenvalue weighted by molar-refractivity contribution is -0.145. The van der Waals surface area contributed by atoms with Crippen LogP contribution in [0.5, 0.6) is 0 Å². The lowest BCUT2D eigenvalue weighted by Gasteiger charge is -1.98. The number of ketones is 1. The molecule has 0 aromatic heterocycles. The topological polar surface area (TPSA) is 177 Å². The van der Waals surface area contributed by atoms with Crippen molar-refractivity contribution >= 4 is 33.8 Å². The van der Waals surface area contributed by atoms with E-state index >= 15 is 0 Å². The van der Waals surface area contributed by atoms with Crippen LogP contribution in [0.15, 0.2) is 5.10 Å². The number of rotatable bonds is 3. The fourth-order valence-corrected chi connectivity index (χ4v) is 1.10. The molecule has 0 fully saturated rings. The number of ether oxygens (including phenoxy) is 1. The molecule has 0 unspecified atom stereocenters. The first-order valence-corrected chi connectivity index (χ1v) is 8.53. The molecule has 0 aliphatic carbocycles. The summed E-state index contributed by atoms with van der Waals surface area (Å²) in [7, 11) is -3.00. The van der Waals surface area contributed by atoms with E-state index in [2.05, 4.69) is 9.84 Å². The van der Waals surface area contributed by atoms with Gasteiger partial charge in [-0.3, -0.25) is 23.5 Å². The Morgan fingerprint density at radius 1 is 1.31 bits per heavy atom. The van der Waals surface area contributed by atoms with E-state index in [1.807, 2.05) is 13.8 Å². The largest absolute Gasteiger partial charge is 0.466 e. The molecule has 0 aromatic rings. The summed E-state index contributed by atoms with van der Waals surface area (Å²) < 4.78 is 36.1. The molecule has 0 spiro atoms. The molecular formula is C14H31N3O8S. The molecule has 156 valence electrons. The van der Waals surface area contributed by atoms with Gasteiger partial charge in [-0.25, -0.2) is 5.01 Å². The highest BCUT2D eigenvalue weighted by Crippen LogP contribution is 2.02. The van der Waals surface area contributed by atoms with Gasteiger partial charge in [-0.2, -0.15) is 13.5 Å². The van der Waals surface area contributed by atoms with Gasteiger partial charge in [0.1, 0.15) is 12.2 Å². The SMILES string of the molecule is C.CC1=NN(C)C(=O)C1.CCN.CCOC(=O)CC(C)=O.O=S(=O)(O)O. The lowest BCUT2D eigenvalue weighted by Crippen LogP contribution is -2.13. The summed E-state index contributed by atoms with van der Waals surface area (Å²) in [6.07, 6.45) is 0.393. The Morgan fingerprint density at radius 3 is 1.85 bits per heavy atom. The molecule has 12 heteroatoms. The van der Waals surface area contributed by atoms with Gasteiger partial charge < -0.3 is 10.5 Å². The third-order valence-electron chi connectivity index (χ3n) is 1.79. The van der Waals surface area contributed by atoms with Gasteiger partial charge in [0.2, 0.25) is 5.91 Å². The van der Waals surface area contributed by atoms with Crippen LogP contribution in [-0.4, -0.2) is 66.1 Å². The number of nitrogens with two attached hydrogens (primary N) is 1. The first-order valence-electron chi connectivity index (χ1n) is 7.13. The average Bonchev–Trinajstić information content (AvgIpc) is 2.65. The fourth-order valence-electron chi connectivity index (χ4n) is 1.10. The molecule has 4 N–H and O–H groups in total. The van der Waals surface area contributed by atoms with Crippen molar-refractivity contribution in [3.63, 3.8) is 0 Å². The second-order valence-electron chi connectivity index (χ2n) is 4.47. The van der Waals surface area contributed by atoms with E-state index in [1.165, 1.54) is 11.9 Å². The van der Waals surface area contributed by atoms with Gasteiger partial charge in [-0.05, 0) is 27.3 Å². The van der Waals surface area contributed by atoms with Crippen molar-refractivity contribution in [2.75, 3.05) is 20.2 Å². The van der Waals surface area contributed by atoms with Crippen LogP contribution >= 0.6 is 0 Å². The van der Waals surface area contributed by atoms with E-state index in [-0.39, 0.29) is 25.5 Å². The van der Waals surface area contributed by atoms with E-state index < -0.39 is 16.4 Å². The Labute approximate surface area is 155 Å². The fraction of sp³-hybridized carbons (Fsp3) is 0.714. The molecule has 26 heavy (non-hydrogen) atoms. The standard InChI is InChI=1S/C6H10O3.C5H8N2O.C2H7N.CH4.H2O4S/c1-3-9-6(8)4-5(2)7;1-4-3-5(8)7(2)6-4;1-2-3;;1-5(2,3)4/h3-4H2,1-2H3;3H2,1-2H3;2-3H2,1H3;1H4;(H2,1,2,3,4). The summed E-state index contributed by atoms with van der Waals surface area (Å²) >= 11 is 0. The third kappa shape index (κ3) is 33.7. The van der Waals surface area contributed by atoms with Crippen molar-refractivity contribution in [2.24, 2.45) is 10.8 Å². The molecule has 0 bridgehead atoms. The minimum absolute atomic E-state index is 0. The second kappa shape index (κ2) is 17.9. The van der Waals surface area contributed by atoms with Gasteiger partial charge in [-0.15, -0.1) is 0 Å². The number of esters is 1. The summed E-state index contributed by atoms with van der Waals surface area (Å²) in [4.78, 5) is 31.2. The number of hydrazone groups is 1. The van der Waals surface area contributed by atoms with Crippen LogP contribution in [0.25, 0.3) is 0 Å². The first-order chi connectivity index (χ1) is 11.3. The third-order valence-corrected chi connectivity index (χ3v) is 1.79. The zero-order valence-electron chi connectivity index (χ0n) is 15.1. The summed E-state index contributed by atoms with van der Waals surface area (Å²) in [5.74, 6) is -0.513. The minimum atomic E-state index is -4.67. The monoisotopic (exact) mass is 401 g/mol. The molecule has 0 saturated carbocycles. The van der Waals surface area contributed by atoms with Crippen molar-refractivity contribution in [1.29, 1.82) is 0 Å². The van der Waals surface area contributed by atoms with Crippen LogP contribution in [0, 0.1) is 0 Å². The highest BCUT2D eigenvalue weighted by Gasteiger charge is 2.15. The lowest BCUT2D eigenvalue weighted by atomic mass is 10.3. The van der Waals surface area contributed by atoms with Crippen LogP contribution < -0.4 is 5.73 Å². The Balaban J connectivity index is -0.000000131. The van der Waals surface area contributed by atoms with Crippen molar-refractivity contribution < 1.29 is 36.6 Å². The highest BCUT2D eigenvalue weighted by atomic mass is 32.3. The maximum Gasteiger partial charge on any atom is 0.394 e. The maximum atomic E-state index is 10.6. The van der Waals surface area contributed by atoms with Crippen molar-refractivity contribution in [3.8, 4) is 0 Å². The van der Waals surface area contributed by atoms with E-state index in [0.29, 0.717) is 13.0 Å². The second-order valence-corrected chi connectivity index (χ2v) is 5.36. The molecule has 1 heterocycles. The molecule has 0 aromatic carbocycles. The quantitative estimate of drug-likeness (QED) is 0.349. The summed E-state index contributed by atoms with van der Waals surface area (Å²) in [5.41, 5.74) is 5.75. The minimum Gasteiger partial charge on any atom is -0.466 e. The summed E-state index contributed by atoms with van der Waals surface area (Å²) in [5, 5.41) is 5.24. The van der Waals surface area contributed by atoms with Crippen LogP contribution in [0.4, 0.5) is 0 Å². The van der Waals surface area contributed by atoms with E-state index in [4.69, 9.17) is 23.3 Å². The zero-order chi connectivity index (χ0) is 20.6. The van der Waals surface area contributed by atoms with Crippen molar-refractivity contribution in [3.05, 3.63) is 0 Å². The highest BCUT2D eigenvalue weighted by molar-refractivity contribution is 7.79. The Kier molecular flexibility index (Phi) is 21.9. The van der Waals surface area contributed by atoms with Gasteiger partial charge >= 0.3 is 16.4 Å². The number of hydrogen-bond acceptors (Lipinski definition) is 8. The normalized spacial score (nSPS) is 11.9. The van der Waals surface area contributed by atoms with Crippen LogP contribution in [0.1, 0.15) is 48.0 Å². The Bertz CT molecular complexity index is 538. The van der Waals surface area contributed by atoms with Gasteiger partial charge in [0, 0.05) is 12.8 Å². The molecule has 0 saturated heterocycles. The Hall–Kier alpha value is -1.89. The Morgan fingerprint density at radius 2 is 1.69 bits per heavy atom. The van der Waals surface area contributed by atoms with Crippen LogP contribution in [-0.2, 0) is 29.5 Å². The van der Waals surface area contributed by atoms with Gasteiger partial charge in [0.25, 0.3) is 0 Å². The maximum absolute atomic E-state index is 10.6. The molecule has 1 rings (SSSR count). The smallest absolute Gasteiger partial charge is 0.394 e. The molecule has 1 aliphatic rings. The van der Waals surface area contributed by atoms with Gasteiger partial charge in [0.15, 0.2) is 0 Å². The van der Waals surface area contributed by atoms with Gasteiger partial charge in [-0.1, -0.05) is 14.4 Å².